The number of benzene rings is 1. The number of carbonyl (C=O) groups excluding carboxylic acids is 1. The fourth-order valence-electron chi connectivity index (χ4n) is 3.92. The predicted octanol–water partition coefficient (Wildman–Crippen LogP) is 1.91. The zero-order chi connectivity index (χ0) is 20.3. The van der Waals surface area contributed by atoms with Crippen LogP contribution < -0.4 is 0 Å². The number of nitrogens with zero attached hydrogens (tertiary/aromatic N) is 2. The van der Waals surface area contributed by atoms with Crippen LogP contribution in [-0.2, 0) is 17.6 Å². The number of aliphatic hydroxyl groups excluding tert-OH is 2. The molecule has 0 aliphatic carbocycles. The Hall–Kier alpha value is -2.25. The van der Waals surface area contributed by atoms with Crippen molar-refractivity contribution in [1.82, 2.24) is 15.1 Å². The van der Waals surface area contributed by atoms with Crippen LogP contribution in [-0.4, -0.2) is 57.0 Å². The number of aromatic nitrogens is 2. The average molecular weight is 389 g/mol. The summed E-state index contributed by atoms with van der Waals surface area (Å²) in [5, 5.41) is 27.9. The number of likely N-dealkylation sites (tertiary alicyclic amines) is 1. The van der Waals surface area contributed by atoms with Crippen LogP contribution >= 0.6 is 0 Å². The van der Waals surface area contributed by atoms with E-state index < -0.39 is 11.5 Å². The van der Waals surface area contributed by atoms with Gasteiger partial charge in [0.05, 0.1) is 18.4 Å². The van der Waals surface area contributed by atoms with Gasteiger partial charge in [-0.15, -0.1) is 0 Å². The average Bonchev–Trinajstić information content (AvgIpc) is 3.01. The molecule has 0 radical (unpaired) electrons. The van der Waals surface area contributed by atoms with Gasteiger partial charge in [0.25, 0.3) is 0 Å². The van der Waals surface area contributed by atoms with E-state index in [1.54, 1.807) is 17.0 Å². The first kappa shape index (κ1) is 20.5. The van der Waals surface area contributed by atoms with E-state index in [2.05, 4.69) is 10.2 Å². The summed E-state index contributed by atoms with van der Waals surface area (Å²) in [6.07, 6.45) is 0.959. The highest BCUT2D eigenvalue weighted by Gasteiger charge is 2.43. The summed E-state index contributed by atoms with van der Waals surface area (Å²) in [5.74, 6) is -0.337. The van der Waals surface area contributed by atoms with Crippen LogP contribution in [0.4, 0.5) is 4.39 Å². The lowest BCUT2D eigenvalue weighted by Gasteiger charge is -2.45. The maximum atomic E-state index is 13.2. The number of H-pyrrole nitrogens is 1. The molecule has 1 saturated heterocycles. The number of hydrogen-bond acceptors (Lipinski definition) is 4. The largest absolute Gasteiger partial charge is 0.396 e. The first-order chi connectivity index (χ1) is 13.3. The molecule has 28 heavy (non-hydrogen) atoms. The molecule has 1 amide bonds. The number of carbonyl (C=O) groups is 1. The Bertz CT molecular complexity index is 821. The fraction of sp³-hybridized carbons (Fsp3) is 0.524. The quantitative estimate of drug-likeness (QED) is 0.704. The summed E-state index contributed by atoms with van der Waals surface area (Å²) in [6.45, 7) is 4.43. The van der Waals surface area contributed by atoms with Gasteiger partial charge in [-0.25, -0.2) is 4.39 Å². The molecule has 2 aromatic rings. The number of halogens is 1. The van der Waals surface area contributed by atoms with E-state index in [-0.39, 0.29) is 24.9 Å². The number of aromatic amines is 1. The number of hydrogen-bond donors (Lipinski definition) is 3. The molecule has 1 aromatic carbocycles. The third kappa shape index (κ3) is 4.25. The fourth-order valence-corrected chi connectivity index (χ4v) is 3.92. The van der Waals surface area contributed by atoms with Gasteiger partial charge in [-0.2, -0.15) is 5.10 Å². The number of amides is 1. The van der Waals surface area contributed by atoms with Gasteiger partial charge in [-0.3, -0.25) is 9.89 Å². The molecule has 0 unspecified atom stereocenters. The van der Waals surface area contributed by atoms with E-state index in [4.69, 9.17) is 0 Å². The Morgan fingerprint density at radius 1 is 1.36 bits per heavy atom. The molecule has 3 N–H and O–H groups in total. The maximum Gasteiger partial charge on any atom is 0.222 e. The van der Waals surface area contributed by atoms with Gasteiger partial charge in [0.1, 0.15) is 5.82 Å². The molecule has 0 saturated carbocycles. The van der Waals surface area contributed by atoms with Gasteiger partial charge in [0, 0.05) is 37.0 Å². The van der Waals surface area contributed by atoms with E-state index >= 15 is 0 Å². The molecular formula is C21H28FN3O3. The van der Waals surface area contributed by atoms with Crippen molar-refractivity contribution in [2.75, 3.05) is 19.7 Å². The zero-order valence-electron chi connectivity index (χ0n) is 16.4. The minimum Gasteiger partial charge on any atom is -0.396 e. The van der Waals surface area contributed by atoms with Crippen molar-refractivity contribution in [2.24, 2.45) is 5.41 Å². The van der Waals surface area contributed by atoms with Crippen molar-refractivity contribution < 1.29 is 19.4 Å². The molecule has 0 spiro atoms. The molecule has 6 nitrogen and oxygen atoms in total. The summed E-state index contributed by atoms with van der Waals surface area (Å²) in [4.78, 5) is 14.5. The van der Waals surface area contributed by atoms with Crippen LogP contribution in [0.25, 0.3) is 0 Å². The Kier molecular flexibility index (Phi) is 6.15. The van der Waals surface area contributed by atoms with E-state index in [1.807, 2.05) is 13.8 Å². The minimum absolute atomic E-state index is 0.0103. The second-order valence-corrected chi connectivity index (χ2v) is 7.86. The topological polar surface area (TPSA) is 89.5 Å². The predicted molar refractivity (Wildman–Crippen MR) is 103 cm³/mol. The number of nitrogens with one attached hydrogen (secondary N) is 1. The highest BCUT2D eigenvalue weighted by Crippen LogP contribution is 2.34. The third-order valence-electron chi connectivity index (χ3n) is 5.95. The van der Waals surface area contributed by atoms with Crippen LogP contribution in [0.15, 0.2) is 24.3 Å². The normalized spacial score (nSPS) is 22.5. The lowest BCUT2D eigenvalue weighted by Crippen LogP contribution is -2.56. The molecule has 1 aliphatic rings. The standard InChI is InChI=1S/C21H28FN3O3/c1-14-15(2)23-24-18(14)7-8-20(28)25-10-9-19(27)21(12-25,13-26)11-16-3-5-17(22)6-4-16/h3-6,19,26-27H,7-13H2,1-2H3,(H,23,24)/t19-,21-/m0/s1. The molecular weight excluding hydrogens is 361 g/mol. The van der Waals surface area contributed by atoms with E-state index in [9.17, 15) is 19.4 Å². The Morgan fingerprint density at radius 3 is 2.68 bits per heavy atom. The van der Waals surface area contributed by atoms with Gasteiger partial charge in [0.2, 0.25) is 5.91 Å². The van der Waals surface area contributed by atoms with Gasteiger partial charge in [0.15, 0.2) is 0 Å². The van der Waals surface area contributed by atoms with Crippen molar-refractivity contribution in [3.63, 3.8) is 0 Å². The second-order valence-electron chi connectivity index (χ2n) is 7.86. The lowest BCUT2D eigenvalue weighted by atomic mass is 9.73. The lowest BCUT2D eigenvalue weighted by molar-refractivity contribution is -0.141. The molecule has 7 heteroatoms. The van der Waals surface area contributed by atoms with Crippen LogP contribution in [0.1, 0.15) is 35.4 Å². The summed E-state index contributed by atoms with van der Waals surface area (Å²) in [7, 11) is 0. The summed E-state index contributed by atoms with van der Waals surface area (Å²) >= 11 is 0. The molecule has 1 fully saturated rings. The van der Waals surface area contributed by atoms with Gasteiger partial charge >= 0.3 is 0 Å². The molecule has 1 aromatic heterocycles. The summed E-state index contributed by atoms with van der Waals surface area (Å²) in [6, 6.07) is 6.05. The smallest absolute Gasteiger partial charge is 0.222 e. The van der Waals surface area contributed by atoms with Crippen LogP contribution in [0.2, 0.25) is 0 Å². The van der Waals surface area contributed by atoms with E-state index in [1.165, 1.54) is 12.1 Å². The molecule has 152 valence electrons. The monoisotopic (exact) mass is 389 g/mol. The van der Waals surface area contributed by atoms with Gasteiger partial charge in [-0.05, 0) is 49.9 Å². The van der Waals surface area contributed by atoms with Crippen LogP contribution in [0, 0.1) is 25.1 Å². The van der Waals surface area contributed by atoms with Gasteiger partial charge < -0.3 is 15.1 Å². The second kappa shape index (κ2) is 8.41. The highest BCUT2D eigenvalue weighted by atomic mass is 19.1. The number of rotatable bonds is 6. The van der Waals surface area contributed by atoms with Crippen molar-refractivity contribution in [3.05, 3.63) is 52.6 Å². The van der Waals surface area contributed by atoms with E-state index in [0.29, 0.717) is 32.2 Å². The maximum absolute atomic E-state index is 13.2. The highest BCUT2D eigenvalue weighted by molar-refractivity contribution is 5.76. The first-order valence-corrected chi connectivity index (χ1v) is 9.66. The SMILES string of the molecule is Cc1[nH]nc(CCC(=O)N2CC[C@H](O)[C@@](CO)(Cc3ccc(F)cc3)C2)c1C. The molecule has 3 rings (SSSR count). The Morgan fingerprint density at radius 2 is 2.07 bits per heavy atom. The third-order valence-corrected chi connectivity index (χ3v) is 5.95. The molecule has 0 bridgehead atoms. The summed E-state index contributed by atoms with van der Waals surface area (Å²) < 4.78 is 13.2. The van der Waals surface area contributed by atoms with Crippen LogP contribution in [0.5, 0.6) is 0 Å². The zero-order valence-corrected chi connectivity index (χ0v) is 16.4. The molecule has 2 heterocycles. The Balaban J connectivity index is 1.68. The molecule has 1 aliphatic heterocycles. The van der Waals surface area contributed by atoms with Gasteiger partial charge in [-0.1, -0.05) is 12.1 Å². The Labute approximate surface area is 164 Å². The van der Waals surface area contributed by atoms with Crippen molar-refractivity contribution in [3.8, 4) is 0 Å². The number of aliphatic hydroxyl groups is 2. The molecule has 2 atom stereocenters. The number of aryl methyl sites for hydroxylation is 2. The van der Waals surface area contributed by atoms with E-state index in [0.717, 1.165) is 22.5 Å². The van der Waals surface area contributed by atoms with Crippen molar-refractivity contribution >= 4 is 5.91 Å². The summed E-state index contributed by atoms with van der Waals surface area (Å²) in [5.41, 5.74) is 2.95. The van der Waals surface area contributed by atoms with Crippen LogP contribution in [0.3, 0.4) is 0 Å². The van der Waals surface area contributed by atoms with Crippen molar-refractivity contribution in [2.45, 2.75) is 45.6 Å². The number of piperidine rings is 1. The van der Waals surface area contributed by atoms with Crippen molar-refractivity contribution in [1.29, 1.82) is 0 Å². The first-order valence-electron chi connectivity index (χ1n) is 9.66. The minimum atomic E-state index is -0.843.